The van der Waals surface area contributed by atoms with Crippen molar-refractivity contribution in [2.24, 2.45) is 5.92 Å². The van der Waals surface area contributed by atoms with E-state index in [9.17, 15) is 13.6 Å². The molecule has 3 nitrogen and oxygen atoms in total. The highest BCUT2D eigenvalue weighted by Gasteiger charge is 2.13. The number of carbonyl (C=O) groups excluding carboxylic acids is 1. The molecule has 1 aromatic rings. The lowest BCUT2D eigenvalue weighted by Gasteiger charge is -2.12. The van der Waals surface area contributed by atoms with Crippen molar-refractivity contribution in [1.82, 2.24) is 10.6 Å². The first-order valence-corrected chi connectivity index (χ1v) is 5.88. The molecule has 2 N–H and O–H groups in total. The Morgan fingerprint density at radius 2 is 1.89 bits per heavy atom. The maximum absolute atomic E-state index is 13.3. The number of rotatable bonds is 6. The molecule has 1 aromatic carbocycles. The average Bonchev–Trinajstić information content (AvgIpc) is 2.32. The fourth-order valence-corrected chi connectivity index (χ4v) is 1.63. The summed E-state index contributed by atoms with van der Waals surface area (Å²) in [5.74, 6) is -1.48. The number of hydrogen-bond acceptors (Lipinski definition) is 2. The predicted octanol–water partition coefficient (Wildman–Crippen LogP) is 1.48. The predicted molar refractivity (Wildman–Crippen MR) is 66.2 cm³/mol. The van der Waals surface area contributed by atoms with Crippen molar-refractivity contribution in [3.63, 3.8) is 0 Å². The first-order valence-electron chi connectivity index (χ1n) is 5.88. The minimum Gasteiger partial charge on any atom is -0.355 e. The van der Waals surface area contributed by atoms with Gasteiger partial charge in [0.2, 0.25) is 5.91 Å². The molecule has 5 heteroatoms. The van der Waals surface area contributed by atoms with Gasteiger partial charge in [-0.15, -0.1) is 0 Å². The largest absolute Gasteiger partial charge is 0.355 e. The molecule has 1 atom stereocenters. The number of carbonyl (C=O) groups is 1. The Hall–Kier alpha value is -1.49. The van der Waals surface area contributed by atoms with Gasteiger partial charge in [0.1, 0.15) is 11.6 Å². The maximum atomic E-state index is 13.3. The topological polar surface area (TPSA) is 41.1 Å². The third kappa shape index (κ3) is 4.41. The summed E-state index contributed by atoms with van der Waals surface area (Å²) in [6.07, 6.45) is -0.273. The van der Waals surface area contributed by atoms with Crippen LogP contribution in [-0.2, 0) is 11.2 Å². The van der Waals surface area contributed by atoms with Crippen molar-refractivity contribution in [1.29, 1.82) is 0 Å². The van der Waals surface area contributed by atoms with Gasteiger partial charge in [0, 0.05) is 12.1 Å². The number of benzene rings is 1. The fourth-order valence-electron chi connectivity index (χ4n) is 1.63. The van der Waals surface area contributed by atoms with Crippen molar-refractivity contribution < 1.29 is 13.6 Å². The normalized spacial score (nSPS) is 12.2. The first kappa shape index (κ1) is 14.6. The minimum absolute atomic E-state index is 0.184. The summed E-state index contributed by atoms with van der Waals surface area (Å²) in [5.41, 5.74) is -0.184. The molecule has 0 aliphatic carbocycles. The molecule has 100 valence electrons. The molecular formula is C13H18F2N2O. The Morgan fingerprint density at radius 3 is 2.44 bits per heavy atom. The zero-order chi connectivity index (χ0) is 13.5. The molecule has 1 amide bonds. The quantitative estimate of drug-likeness (QED) is 0.809. The Kier molecular flexibility index (Phi) is 5.71. The fraction of sp³-hybridized carbons (Fsp3) is 0.462. The summed E-state index contributed by atoms with van der Waals surface area (Å²) in [6.45, 7) is 3.23. The number of hydrogen-bond donors (Lipinski definition) is 2. The zero-order valence-corrected chi connectivity index (χ0v) is 10.6. The summed E-state index contributed by atoms with van der Waals surface area (Å²) in [4.78, 5) is 11.6. The first-order chi connectivity index (χ1) is 8.54. The molecule has 0 aromatic heterocycles. The van der Waals surface area contributed by atoms with Crippen LogP contribution in [0.2, 0.25) is 0 Å². The lowest BCUT2D eigenvalue weighted by atomic mass is 10.1. The molecule has 18 heavy (non-hydrogen) atoms. The number of amides is 1. The molecule has 0 saturated heterocycles. The smallest absolute Gasteiger partial charge is 0.224 e. The molecule has 0 spiro atoms. The molecular weight excluding hydrogens is 238 g/mol. The van der Waals surface area contributed by atoms with Crippen LogP contribution in [-0.4, -0.2) is 26.0 Å². The molecule has 0 aliphatic rings. The monoisotopic (exact) mass is 256 g/mol. The minimum atomic E-state index is -0.687. The summed E-state index contributed by atoms with van der Waals surface area (Å²) < 4.78 is 26.6. The molecule has 0 radical (unpaired) electrons. The van der Waals surface area contributed by atoms with Gasteiger partial charge in [0.25, 0.3) is 0 Å². The van der Waals surface area contributed by atoms with Crippen molar-refractivity contribution in [3.05, 3.63) is 35.4 Å². The maximum Gasteiger partial charge on any atom is 0.224 e. The van der Waals surface area contributed by atoms with Gasteiger partial charge in [-0.25, -0.2) is 8.78 Å². The Morgan fingerprint density at radius 1 is 1.28 bits per heavy atom. The summed E-state index contributed by atoms with van der Waals surface area (Å²) in [6, 6.07) is 3.58. The van der Waals surface area contributed by atoms with Gasteiger partial charge in [0.15, 0.2) is 0 Å². The standard InChI is InChI=1S/C13H18F2N2O/c1-9(7-16-2)8-17-13(18)6-10-11(14)4-3-5-12(10)15/h3-5,9,16H,6-8H2,1-2H3,(H,17,18). The van der Waals surface area contributed by atoms with E-state index < -0.39 is 11.6 Å². The van der Waals surface area contributed by atoms with Crippen LogP contribution in [0.15, 0.2) is 18.2 Å². The van der Waals surface area contributed by atoms with Crippen LogP contribution in [0.5, 0.6) is 0 Å². The van der Waals surface area contributed by atoms with Gasteiger partial charge in [-0.3, -0.25) is 4.79 Å². The van der Waals surface area contributed by atoms with Gasteiger partial charge < -0.3 is 10.6 Å². The van der Waals surface area contributed by atoms with Crippen LogP contribution in [0, 0.1) is 17.6 Å². The summed E-state index contributed by atoms with van der Waals surface area (Å²) in [7, 11) is 1.83. The second-order valence-corrected chi connectivity index (χ2v) is 4.34. The van der Waals surface area contributed by atoms with E-state index in [0.717, 1.165) is 18.7 Å². The van der Waals surface area contributed by atoms with Gasteiger partial charge in [-0.2, -0.15) is 0 Å². The highest BCUT2D eigenvalue weighted by molar-refractivity contribution is 5.78. The van der Waals surface area contributed by atoms with Crippen molar-refractivity contribution in [2.75, 3.05) is 20.1 Å². The average molecular weight is 256 g/mol. The van der Waals surface area contributed by atoms with Gasteiger partial charge in [-0.1, -0.05) is 13.0 Å². The second kappa shape index (κ2) is 7.06. The van der Waals surface area contributed by atoms with E-state index >= 15 is 0 Å². The highest BCUT2D eigenvalue weighted by Crippen LogP contribution is 2.12. The van der Waals surface area contributed by atoms with Crippen LogP contribution in [0.1, 0.15) is 12.5 Å². The van der Waals surface area contributed by atoms with E-state index in [4.69, 9.17) is 0 Å². The Balaban J connectivity index is 2.50. The van der Waals surface area contributed by atoms with Gasteiger partial charge in [-0.05, 0) is 31.6 Å². The number of halogens is 2. The van der Waals surface area contributed by atoms with E-state index in [1.807, 2.05) is 14.0 Å². The SMILES string of the molecule is CNCC(C)CNC(=O)Cc1c(F)cccc1F. The third-order valence-electron chi connectivity index (χ3n) is 2.60. The van der Waals surface area contributed by atoms with Gasteiger partial charge >= 0.3 is 0 Å². The van der Waals surface area contributed by atoms with Crippen LogP contribution in [0.25, 0.3) is 0 Å². The Labute approximate surface area is 106 Å². The highest BCUT2D eigenvalue weighted by atomic mass is 19.1. The molecule has 0 aliphatic heterocycles. The van der Waals surface area contributed by atoms with E-state index in [2.05, 4.69) is 10.6 Å². The summed E-state index contributed by atoms with van der Waals surface area (Å²) in [5, 5.41) is 5.65. The molecule has 1 unspecified atom stereocenters. The third-order valence-corrected chi connectivity index (χ3v) is 2.60. The molecule has 0 saturated carbocycles. The molecule has 0 heterocycles. The van der Waals surface area contributed by atoms with Crippen LogP contribution < -0.4 is 10.6 Å². The van der Waals surface area contributed by atoms with E-state index in [-0.39, 0.29) is 23.8 Å². The van der Waals surface area contributed by atoms with E-state index in [1.165, 1.54) is 6.07 Å². The van der Waals surface area contributed by atoms with Crippen LogP contribution >= 0.6 is 0 Å². The van der Waals surface area contributed by atoms with Crippen molar-refractivity contribution in [3.8, 4) is 0 Å². The molecule has 0 fully saturated rings. The molecule has 0 bridgehead atoms. The Bertz CT molecular complexity index is 390. The summed E-state index contributed by atoms with van der Waals surface area (Å²) >= 11 is 0. The van der Waals surface area contributed by atoms with Crippen molar-refractivity contribution in [2.45, 2.75) is 13.3 Å². The van der Waals surface area contributed by atoms with E-state index in [0.29, 0.717) is 6.54 Å². The van der Waals surface area contributed by atoms with Gasteiger partial charge in [0.05, 0.1) is 6.42 Å². The second-order valence-electron chi connectivity index (χ2n) is 4.34. The van der Waals surface area contributed by atoms with Crippen molar-refractivity contribution >= 4 is 5.91 Å². The van der Waals surface area contributed by atoms with Crippen LogP contribution in [0.4, 0.5) is 8.78 Å². The number of nitrogens with one attached hydrogen (secondary N) is 2. The lowest BCUT2D eigenvalue weighted by molar-refractivity contribution is -0.120. The molecule has 1 rings (SSSR count). The lowest BCUT2D eigenvalue weighted by Crippen LogP contribution is -2.33. The van der Waals surface area contributed by atoms with E-state index in [1.54, 1.807) is 0 Å². The zero-order valence-electron chi connectivity index (χ0n) is 10.6. The van der Waals surface area contributed by atoms with Crippen LogP contribution in [0.3, 0.4) is 0 Å².